The lowest BCUT2D eigenvalue weighted by molar-refractivity contribution is 0.453. The van der Waals surface area contributed by atoms with Crippen molar-refractivity contribution in [2.45, 2.75) is 19.3 Å². The molecule has 2 heterocycles. The Kier molecular flexibility index (Phi) is 2.52. The second-order valence-corrected chi connectivity index (χ2v) is 4.71. The highest BCUT2D eigenvalue weighted by molar-refractivity contribution is 5.49. The van der Waals surface area contributed by atoms with E-state index in [1.807, 2.05) is 12.1 Å². The fourth-order valence-electron chi connectivity index (χ4n) is 2.59. The molecule has 2 aromatic heterocycles. The molecule has 2 aromatic rings. The number of fused-ring (bicyclic) bond motifs is 1. The third-order valence-electron chi connectivity index (χ3n) is 3.64. The van der Waals surface area contributed by atoms with Gasteiger partial charge in [-0.15, -0.1) is 0 Å². The van der Waals surface area contributed by atoms with Gasteiger partial charge in [-0.1, -0.05) is 0 Å². The van der Waals surface area contributed by atoms with Gasteiger partial charge in [-0.05, 0) is 43.9 Å². The summed E-state index contributed by atoms with van der Waals surface area (Å²) in [6.45, 7) is 0.765. The average molecular weight is 231 g/mol. The summed E-state index contributed by atoms with van der Waals surface area (Å²) in [5, 5.41) is 0. The van der Waals surface area contributed by atoms with Crippen molar-refractivity contribution in [3.05, 3.63) is 29.8 Å². The second-order valence-electron chi connectivity index (χ2n) is 4.71. The number of nitrogens with zero attached hydrogens (tertiary/aromatic N) is 2. The van der Waals surface area contributed by atoms with E-state index in [-0.39, 0.29) is 0 Å². The molecule has 0 fully saturated rings. The molecule has 3 rings (SSSR count). The highest BCUT2D eigenvalue weighted by atomic mass is 16.3. The van der Waals surface area contributed by atoms with Crippen molar-refractivity contribution >= 4 is 0 Å². The van der Waals surface area contributed by atoms with Gasteiger partial charge in [-0.2, -0.15) is 0 Å². The van der Waals surface area contributed by atoms with E-state index in [1.54, 1.807) is 6.26 Å². The van der Waals surface area contributed by atoms with Crippen molar-refractivity contribution in [3.63, 3.8) is 0 Å². The van der Waals surface area contributed by atoms with Crippen molar-refractivity contribution in [1.29, 1.82) is 0 Å². The minimum atomic E-state index is 0.599. The highest BCUT2D eigenvalue weighted by Gasteiger charge is 2.24. The first-order valence-corrected chi connectivity index (χ1v) is 6.08. The predicted molar refractivity (Wildman–Crippen MR) is 65.5 cm³/mol. The van der Waals surface area contributed by atoms with Crippen LogP contribution in [0.15, 0.2) is 22.8 Å². The van der Waals surface area contributed by atoms with Crippen molar-refractivity contribution in [2.24, 2.45) is 18.7 Å². The van der Waals surface area contributed by atoms with Crippen molar-refractivity contribution in [2.75, 3.05) is 6.54 Å². The fraction of sp³-hybridized carbons (Fsp3) is 0.462. The first-order valence-electron chi connectivity index (χ1n) is 6.08. The molecule has 2 N–H and O–H groups in total. The number of hydrogen-bond acceptors (Lipinski definition) is 3. The highest BCUT2D eigenvalue weighted by Crippen LogP contribution is 2.29. The van der Waals surface area contributed by atoms with E-state index in [2.05, 4.69) is 16.6 Å². The Hall–Kier alpha value is -1.55. The number of nitrogens with two attached hydrogens (primary N) is 1. The van der Waals surface area contributed by atoms with E-state index in [1.165, 1.54) is 11.4 Å². The van der Waals surface area contributed by atoms with Gasteiger partial charge in [0.1, 0.15) is 0 Å². The van der Waals surface area contributed by atoms with Crippen LogP contribution < -0.4 is 5.73 Å². The van der Waals surface area contributed by atoms with Gasteiger partial charge in [0.15, 0.2) is 11.6 Å². The summed E-state index contributed by atoms with van der Waals surface area (Å²) in [5.74, 6) is 2.37. The van der Waals surface area contributed by atoms with Crippen LogP contribution in [0.2, 0.25) is 0 Å². The molecule has 1 aliphatic rings. The third-order valence-corrected chi connectivity index (χ3v) is 3.64. The number of rotatable bonds is 2. The first kappa shape index (κ1) is 10.6. The van der Waals surface area contributed by atoms with Crippen LogP contribution in [0.1, 0.15) is 17.8 Å². The van der Waals surface area contributed by atoms with Crippen LogP contribution in [0.3, 0.4) is 0 Å². The Bertz CT molecular complexity index is 513. The van der Waals surface area contributed by atoms with Crippen LogP contribution in [0.5, 0.6) is 0 Å². The van der Waals surface area contributed by atoms with Crippen LogP contribution in [0.4, 0.5) is 0 Å². The molecule has 1 unspecified atom stereocenters. The fourth-order valence-corrected chi connectivity index (χ4v) is 2.59. The lowest BCUT2D eigenvalue weighted by atomic mass is 9.90. The quantitative estimate of drug-likeness (QED) is 0.856. The SMILES string of the molecule is Cn1c(-c2ccco2)nc2c1CC(CN)CC2. The molecule has 17 heavy (non-hydrogen) atoms. The Morgan fingerprint density at radius 3 is 3.18 bits per heavy atom. The smallest absolute Gasteiger partial charge is 0.176 e. The van der Waals surface area contributed by atoms with E-state index < -0.39 is 0 Å². The molecule has 0 spiro atoms. The van der Waals surface area contributed by atoms with E-state index in [0.29, 0.717) is 5.92 Å². The summed E-state index contributed by atoms with van der Waals surface area (Å²) in [6, 6.07) is 3.85. The maximum atomic E-state index is 5.76. The van der Waals surface area contributed by atoms with Gasteiger partial charge in [0.05, 0.1) is 12.0 Å². The predicted octanol–water partition coefficient (Wildman–Crippen LogP) is 1.74. The Morgan fingerprint density at radius 1 is 1.59 bits per heavy atom. The van der Waals surface area contributed by atoms with Crippen LogP contribution in [-0.4, -0.2) is 16.1 Å². The molecule has 0 saturated carbocycles. The second kappa shape index (κ2) is 4.04. The lowest BCUT2D eigenvalue weighted by Crippen LogP contribution is -2.23. The maximum absolute atomic E-state index is 5.76. The van der Waals surface area contributed by atoms with E-state index >= 15 is 0 Å². The number of imidazole rings is 1. The largest absolute Gasteiger partial charge is 0.461 e. The summed E-state index contributed by atoms with van der Waals surface area (Å²) >= 11 is 0. The molecule has 0 aromatic carbocycles. The number of aromatic nitrogens is 2. The van der Waals surface area contributed by atoms with Gasteiger partial charge in [0.25, 0.3) is 0 Å². The topological polar surface area (TPSA) is 57.0 Å². The minimum absolute atomic E-state index is 0.599. The van der Waals surface area contributed by atoms with E-state index in [4.69, 9.17) is 10.2 Å². The Morgan fingerprint density at radius 2 is 2.47 bits per heavy atom. The summed E-state index contributed by atoms with van der Waals surface area (Å²) in [6.07, 6.45) is 4.91. The Labute approximate surface area is 100 Å². The molecule has 0 amide bonds. The maximum Gasteiger partial charge on any atom is 0.176 e. The van der Waals surface area contributed by atoms with Crippen LogP contribution in [0.25, 0.3) is 11.6 Å². The molecule has 4 heteroatoms. The van der Waals surface area contributed by atoms with Crippen LogP contribution in [0, 0.1) is 5.92 Å². The third kappa shape index (κ3) is 1.69. The monoisotopic (exact) mass is 231 g/mol. The standard InChI is InChI=1S/C13H17N3O/c1-16-11-7-9(8-14)4-5-10(11)15-13(16)12-3-2-6-17-12/h2-3,6,9H,4-5,7-8,14H2,1H3. The molecule has 0 bridgehead atoms. The Balaban J connectivity index is 2.02. The van der Waals surface area contributed by atoms with E-state index in [9.17, 15) is 0 Å². The average Bonchev–Trinajstić information content (AvgIpc) is 2.97. The molecular weight excluding hydrogens is 214 g/mol. The number of furan rings is 1. The first-order chi connectivity index (χ1) is 8.29. The van der Waals surface area contributed by atoms with Gasteiger partial charge < -0.3 is 14.7 Å². The van der Waals surface area contributed by atoms with Crippen molar-refractivity contribution in [3.8, 4) is 11.6 Å². The molecule has 1 aliphatic carbocycles. The van der Waals surface area contributed by atoms with Crippen molar-refractivity contribution < 1.29 is 4.42 Å². The van der Waals surface area contributed by atoms with Gasteiger partial charge in [0, 0.05) is 12.7 Å². The zero-order valence-corrected chi connectivity index (χ0v) is 10.0. The molecule has 1 atom stereocenters. The van der Waals surface area contributed by atoms with Crippen LogP contribution >= 0.6 is 0 Å². The summed E-state index contributed by atoms with van der Waals surface area (Å²) < 4.78 is 7.57. The molecular formula is C13H17N3O. The summed E-state index contributed by atoms with van der Waals surface area (Å²) in [7, 11) is 2.06. The summed E-state index contributed by atoms with van der Waals surface area (Å²) in [4.78, 5) is 4.69. The normalized spacial score (nSPS) is 19.3. The minimum Gasteiger partial charge on any atom is -0.461 e. The molecule has 0 radical (unpaired) electrons. The van der Waals surface area contributed by atoms with Gasteiger partial charge in [-0.3, -0.25) is 0 Å². The number of hydrogen-bond donors (Lipinski definition) is 1. The van der Waals surface area contributed by atoms with E-state index in [0.717, 1.165) is 37.4 Å². The molecule has 4 nitrogen and oxygen atoms in total. The lowest BCUT2D eigenvalue weighted by Gasteiger charge is -2.20. The van der Waals surface area contributed by atoms with Crippen LogP contribution in [-0.2, 0) is 19.9 Å². The number of aryl methyl sites for hydroxylation is 1. The zero-order chi connectivity index (χ0) is 11.8. The molecule has 0 aliphatic heterocycles. The molecule has 0 saturated heterocycles. The van der Waals surface area contributed by atoms with Gasteiger partial charge in [-0.25, -0.2) is 4.98 Å². The van der Waals surface area contributed by atoms with Gasteiger partial charge >= 0.3 is 0 Å². The molecule has 90 valence electrons. The summed E-state index contributed by atoms with van der Waals surface area (Å²) in [5.41, 5.74) is 8.29. The van der Waals surface area contributed by atoms with Crippen molar-refractivity contribution in [1.82, 2.24) is 9.55 Å². The van der Waals surface area contributed by atoms with Gasteiger partial charge in [0.2, 0.25) is 0 Å². The zero-order valence-electron chi connectivity index (χ0n) is 10.0.